The molecule has 8 aliphatic rings. The smallest absolute Gasteiger partial charge is 0.309 e. The summed E-state index contributed by atoms with van der Waals surface area (Å²) in [6.07, 6.45) is 10.2. The van der Waals surface area contributed by atoms with Gasteiger partial charge in [-0.25, -0.2) is 0 Å². The highest BCUT2D eigenvalue weighted by atomic mass is 16.7. The molecule has 3 unspecified atom stereocenters. The van der Waals surface area contributed by atoms with E-state index in [4.69, 9.17) is 23.7 Å². The number of rotatable bonds is 7. The molecule has 266 valence electrons. The summed E-state index contributed by atoms with van der Waals surface area (Å²) in [6.45, 7) is 18.5. The molecule has 8 rings (SSSR count). The Morgan fingerprint density at radius 3 is 2.38 bits per heavy atom. The lowest BCUT2D eigenvalue weighted by Gasteiger charge is -2.64. The predicted octanol–water partition coefficient (Wildman–Crippen LogP) is 5.88. The van der Waals surface area contributed by atoms with Gasteiger partial charge < -0.3 is 34.1 Å². The first kappa shape index (κ1) is 33.4. The second kappa shape index (κ2) is 10.9. The fraction of sp³-hybridized carbons (Fsp3) is 0.974. The molecule has 8 nitrogen and oxygen atoms in total. The van der Waals surface area contributed by atoms with Gasteiger partial charge in [-0.2, -0.15) is 0 Å². The van der Waals surface area contributed by atoms with E-state index in [9.17, 15) is 9.90 Å². The van der Waals surface area contributed by atoms with E-state index >= 15 is 0 Å². The average Bonchev–Trinajstić information content (AvgIpc) is 3.93. The molecular weight excluding hydrogens is 594 g/mol. The summed E-state index contributed by atoms with van der Waals surface area (Å²) in [6, 6.07) is 0. The zero-order valence-corrected chi connectivity index (χ0v) is 30.4. The fourth-order valence-electron chi connectivity index (χ4n) is 14.1. The fourth-order valence-corrected chi connectivity index (χ4v) is 14.1. The Morgan fingerprint density at radius 2 is 1.72 bits per heavy atom. The zero-order valence-electron chi connectivity index (χ0n) is 30.4. The van der Waals surface area contributed by atoms with Crippen LogP contribution in [0.15, 0.2) is 0 Å². The molecule has 6 aliphatic carbocycles. The van der Waals surface area contributed by atoms with E-state index in [1.54, 1.807) is 13.8 Å². The molecule has 0 aromatic carbocycles. The van der Waals surface area contributed by atoms with Crippen LogP contribution in [0.3, 0.4) is 0 Å². The summed E-state index contributed by atoms with van der Waals surface area (Å²) in [4.78, 5) is 12.9. The largest absolute Gasteiger partial charge is 0.456 e. The Kier molecular flexibility index (Phi) is 7.72. The number of hydrogen-bond donors (Lipinski definition) is 2. The van der Waals surface area contributed by atoms with Gasteiger partial charge in [0.15, 0.2) is 12.4 Å². The van der Waals surface area contributed by atoms with Crippen molar-refractivity contribution in [2.24, 2.45) is 56.7 Å². The van der Waals surface area contributed by atoms with Crippen molar-refractivity contribution in [3.05, 3.63) is 0 Å². The van der Waals surface area contributed by atoms with Gasteiger partial charge >= 0.3 is 5.97 Å². The van der Waals surface area contributed by atoms with Gasteiger partial charge in [0, 0.05) is 25.6 Å². The van der Waals surface area contributed by atoms with E-state index in [1.807, 2.05) is 7.11 Å². The Bertz CT molecular complexity index is 1240. The van der Waals surface area contributed by atoms with Crippen molar-refractivity contribution in [2.75, 3.05) is 26.8 Å². The molecule has 47 heavy (non-hydrogen) atoms. The Morgan fingerprint density at radius 1 is 1.00 bits per heavy atom. The van der Waals surface area contributed by atoms with Gasteiger partial charge in [-0.05, 0) is 123 Å². The highest BCUT2D eigenvalue weighted by molar-refractivity contribution is 5.75. The minimum atomic E-state index is -1.19. The maximum Gasteiger partial charge on any atom is 0.309 e. The topological polar surface area (TPSA) is 95.5 Å². The van der Waals surface area contributed by atoms with Crippen LogP contribution in [0, 0.1) is 56.7 Å². The summed E-state index contributed by atoms with van der Waals surface area (Å²) >= 11 is 0. The van der Waals surface area contributed by atoms with Crippen molar-refractivity contribution in [3.8, 4) is 0 Å². The minimum Gasteiger partial charge on any atom is -0.456 e. The SMILES string of the molecule is CO[C@H]1C2OC([C@H](OC(=O)C3CC3)C(C)(C)O)C[C@@H](C)[C@@H]2[C@@]2(C)CC[C@@]34C[C@@]35CC[C@H](O[C@H]3CNCCO3)C(C)(C)[C@@H]5CCC4[C@]12C. The molecular formula is C39H63NO7. The van der Waals surface area contributed by atoms with Crippen LogP contribution in [0.5, 0.6) is 0 Å². The first-order valence-electron chi connectivity index (χ1n) is 19.2. The van der Waals surface area contributed by atoms with Crippen LogP contribution in [0.2, 0.25) is 0 Å². The first-order chi connectivity index (χ1) is 22.1. The zero-order chi connectivity index (χ0) is 33.4. The first-order valence-corrected chi connectivity index (χ1v) is 19.2. The molecule has 0 radical (unpaired) electrons. The van der Waals surface area contributed by atoms with Crippen LogP contribution in [-0.4, -0.2) is 80.3 Å². The molecule has 2 saturated heterocycles. The third-order valence-electron chi connectivity index (χ3n) is 16.4. The molecule has 14 atom stereocenters. The summed E-state index contributed by atoms with van der Waals surface area (Å²) in [5.41, 5.74) is -0.279. The van der Waals surface area contributed by atoms with Crippen molar-refractivity contribution in [2.45, 2.75) is 155 Å². The minimum absolute atomic E-state index is 0.0195. The van der Waals surface area contributed by atoms with Gasteiger partial charge in [-0.15, -0.1) is 0 Å². The summed E-state index contributed by atoms with van der Waals surface area (Å²) in [5.74, 6) is 1.79. The van der Waals surface area contributed by atoms with Gasteiger partial charge in [0.25, 0.3) is 0 Å². The second-order valence-corrected chi connectivity index (χ2v) is 19.2. The van der Waals surface area contributed by atoms with Crippen molar-refractivity contribution in [1.82, 2.24) is 5.32 Å². The Hall–Kier alpha value is -0.770. The Labute approximate surface area is 283 Å². The number of fused-ring (bicyclic) bond motifs is 4. The van der Waals surface area contributed by atoms with E-state index < -0.39 is 11.7 Å². The van der Waals surface area contributed by atoms with Crippen LogP contribution in [0.4, 0.5) is 0 Å². The lowest BCUT2D eigenvalue weighted by molar-refractivity contribution is -0.238. The highest BCUT2D eigenvalue weighted by Gasteiger charge is 2.85. The van der Waals surface area contributed by atoms with E-state index in [2.05, 4.69) is 39.9 Å². The van der Waals surface area contributed by atoms with Crippen molar-refractivity contribution in [3.63, 3.8) is 0 Å². The lowest BCUT2D eigenvalue weighted by Crippen LogP contribution is -2.60. The number of carbonyl (C=O) groups is 1. The van der Waals surface area contributed by atoms with Gasteiger partial charge in [0.2, 0.25) is 0 Å². The lowest BCUT2D eigenvalue weighted by atomic mass is 9.41. The third-order valence-corrected chi connectivity index (χ3v) is 16.4. The number of morpholine rings is 1. The summed E-state index contributed by atoms with van der Waals surface area (Å²) in [7, 11) is 1.90. The van der Waals surface area contributed by atoms with E-state index in [1.165, 1.54) is 38.5 Å². The van der Waals surface area contributed by atoms with Crippen LogP contribution in [0.1, 0.15) is 113 Å². The number of hydrogen-bond acceptors (Lipinski definition) is 8. The molecule has 2 aliphatic heterocycles. The van der Waals surface area contributed by atoms with Crippen LogP contribution < -0.4 is 5.32 Å². The molecule has 2 spiro atoms. The predicted molar refractivity (Wildman–Crippen MR) is 177 cm³/mol. The Balaban J connectivity index is 1.07. The molecule has 6 saturated carbocycles. The third kappa shape index (κ3) is 4.55. The maximum absolute atomic E-state index is 12.9. The number of carbonyl (C=O) groups excluding carboxylic acids is 1. The monoisotopic (exact) mass is 657 g/mol. The quantitative estimate of drug-likeness (QED) is 0.328. The molecule has 2 heterocycles. The van der Waals surface area contributed by atoms with Crippen LogP contribution in [0.25, 0.3) is 0 Å². The van der Waals surface area contributed by atoms with Gasteiger partial charge in [0.05, 0.1) is 42.5 Å². The average molecular weight is 658 g/mol. The number of ether oxygens (including phenoxy) is 5. The van der Waals surface area contributed by atoms with Crippen molar-refractivity contribution >= 4 is 5.97 Å². The van der Waals surface area contributed by atoms with Gasteiger partial charge in [0.1, 0.15) is 0 Å². The highest BCUT2D eigenvalue weighted by Crippen LogP contribution is 2.89. The van der Waals surface area contributed by atoms with Crippen molar-refractivity contribution in [1.29, 1.82) is 0 Å². The van der Waals surface area contributed by atoms with E-state index in [0.717, 1.165) is 45.4 Å². The van der Waals surface area contributed by atoms with Crippen LogP contribution >= 0.6 is 0 Å². The van der Waals surface area contributed by atoms with E-state index in [0.29, 0.717) is 34.5 Å². The van der Waals surface area contributed by atoms with Gasteiger partial charge in [-0.3, -0.25) is 4.79 Å². The molecule has 8 fully saturated rings. The molecule has 0 aromatic rings. The summed E-state index contributed by atoms with van der Waals surface area (Å²) in [5, 5.41) is 14.7. The standard InChI is InChI=1S/C39H63NO7/c1-22-19-24(31(35(4,5)42)47-33(41)23-9-10-23)45-30-29(22)36(6)15-16-39-21-38(39)14-13-27(46-28-20-40-17-18-44-28)34(2,3)25(38)11-12-26(39)37(36,7)32(30)43-8/h22-32,40,42H,9-21H2,1-8H3/t22-,24?,25+,26?,27+,28+,29+,30?,31+,32+,36-,37-,38-,39+/m1/s1. The van der Waals surface area contributed by atoms with E-state index in [-0.39, 0.29) is 58.8 Å². The molecule has 0 aromatic heterocycles. The normalized spacial score (nSPS) is 52.2. The molecule has 2 N–H and O–H groups in total. The maximum atomic E-state index is 12.9. The summed E-state index contributed by atoms with van der Waals surface area (Å²) < 4.78 is 32.6. The number of methoxy groups -OCH3 is 1. The second-order valence-electron chi connectivity index (χ2n) is 19.2. The number of esters is 1. The molecule has 0 bridgehead atoms. The molecule has 8 heteroatoms. The molecule has 0 amide bonds. The van der Waals surface area contributed by atoms with Crippen molar-refractivity contribution < 1.29 is 33.6 Å². The number of aliphatic hydroxyl groups is 1. The number of nitrogens with one attached hydrogen (secondary N) is 1. The van der Waals surface area contributed by atoms with Crippen LogP contribution in [-0.2, 0) is 28.5 Å². The van der Waals surface area contributed by atoms with Gasteiger partial charge in [-0.1, -0.05) is 34.6 Å².